The van der Waals surface area contributed by atoms with Gasteiger partial charge in [0.2, 0.25) is 0 Å². The van der Waals surface area contributed by atoms with Crippen LogP contribution in [0, 0.1) is 10.1 Å². The van der Waals surface area contributed by atoms with Crippen LogP contribution in [0.4, 0.5) is 0 Å². The highest BCUT2D eigenvalue weighted by atomic mass is 16.6. The summed E-state index contributed by atoms with van der Waals surface area (Å²) in [4.78, 5) is 10.3. The van der Waals surface area contributed by atoms with Gasteiger partial charge in [0.1, 0.15) is 0 Å². The molecule has 0 bridgehead atoms. The Labute approximate surface area is 86.1 Å². The number of hydrogen-bond acceptors (Lipinski definition) is 4. The summed E-state index contributed by atoms with van der Waals surface area (Å²) in [6.07, 6.45) is -2.53. The summed E-state index contributed by atoms with van der Waals surface area (Å²) >= 11 is 0. The van der Waals surface area contributed by atoms with Crippen molar-refractivity contribution in [2.75, 3.05) is 0 Å². The Balaban J connectivity index is 2.59. The topological polar surface area (TPSA) is 83.6 Å². The van der Waals surface area contributed by atoms with E-state index in [1.165, 1.54) is 6.92 Å². The van der Waals surface area contributed by atoms with Crippen LogP contribution in [0.1, 0.15) is 30.3 Å². The Morgan fingerprint density at radius 2 is 1.67 bits per heavy atom. The third-order valence-electron chi connectivity index (χ3n) is 3.09. The van der Waals surface area contributed by atoms with Crippen LogP contribution >= 0.6 is 0 Å². The van der Waals surface area contributed by atoms with E-state index in [1.54, 1.807) is 24.3 Å². The maximum Gasteiger partial charge on any atom is 0.278 e. The summed E-state index contributed by atoms with van der Waals surface area (Å²) in [6.45, 7) is 1.25. The van der Waals surface area contributed by atoms with Crippen LogP contribution in [0.3, 0.4) is 0 Å². The highest BCUT2D eigenvalue weighted by Crippen LogP contribution is 2.47. The van der Waals surface area contributed by atoms with Gasteiger partial charge in [-0.05, 0) is 11.1 Å². The summed E-state index contributed by atoms with van der Waals surface area (Å²) in [5.74, 6) is 0. The molecule has 2 rings (SSSR count). The molecule has 0 fully saturated rings. The third-order valence-corrected chi connectivity index (χ3v) is 3.09. The van der Waals surface area contributed by atoms with Gasteiger partial charge < -0.3 is 10.2 Å². The molecule has 0 saturated heterocycles. The second-order valence-corrected chi connectivity index (χ2v) is 3.92. The first-order chi connectivity index (χ1) is 6.99. The molecule has 1 aliphatic carbocycles. The number of aliphatic hydroxyl groups is 2. The minimum atomic E-state index is -1.75. The first-order valence-corrected chi connectivity index (χ1v) is 4.59. The molecule has 5 nitrogen and oxygen atoms in total. The van der Waals surface area contributed by atoms with Gasteiger partial charge in [-0.25, -0.2) is 0 Å². The highest BCUT2D eigenvalue weighted by Gasteiger charge is 2.59. The van der Waals surface area contributed by atoms with E-state index in [-0.39, 0.29) is 0 Å². The number of benzene rings is 1. The normalized spacial score (nSPS) is 33.8. The zero-order valence-corrected chi connectivity index (χ0v) is 8.12. The quantitative estimate of drug-likeness (QED) is 0.529. The van der Waals surface area contributed by atoms with Crippen molar-refractivity contribution in [1.29, 1.82) is 0 Å². The molecule has 0 radical (unpaired) electrons. The van der Waals surface area contributed by atoms with E-state index in [0.29, 0.717) is 11.1 Å². The standard InChI is InChI=1S/C10H11NO4/c1-10(11(14)15)8(12)6-4-2-3-5-7(6)9(10)13/h2-5,8-9,12-13H,1H3. The Bertz CT molecular complexity index is 389. The minimum Gasteiger partial charge on any atom is -0.381 e. The largest absolute Gasteiger partial charge is 0.381 e. The van der Waals surface area contributed by atoms with Crippen molar-refractivity contribution in [3.05, 3.63) is 45.5 Å². The molecule has 1 aliphatic rings. The van der Waals surface area contributed by atoms with E-state index in [1.807, 2.05) is 0 Å². The Morgan fingerprint density at radius 1 is 1.27 bits per heavy atom. The fraction of sp³-hybridized carbons (Fsp3) is 0.400. The zero-order valence-electron chi connectivity index (χ0n) is 8.12. The molecule has 0 spiro atoms. The molecule has 1 aromatic rings. The van der Waals surface area contributed by atoms with Gasteiger partial charge in [-0.2, -0.15) is 0 Å². The Morgan fingerprint density at radius 3 is 2.00 bits per heavy atom. The van der Waals surface area contributed by atoms with Crippen LogP contribution in [0.2, 0.25) is 0 Å². The van der Waals surface area contributed by atoms with Crippen molar-refractivity contribution in [2.45, 2.75) is 24.7 Å². The van der Waals surface area contributed by atoms with Crippen molar-refractivity contribution in [3.8, 4) is 0 Å². The van der Waals surface area contributed by atoms with Crippen molar-refractivity contribution in [1.82, 2.24) is 0 Å². The van der Waals surface area contributed by atoms with E-state index in [9.17, 15) is 20.3 Å². The molecule has 15 heavy (non-hydrogen) atoms. The molecule has 0 aliphatic heterocycles. The molecule has 2 unspecified atom stereocenters. The Hall–Kier alpha value is -1.46. The number of nitro groups is 1. The number of aliphatic hydroxyl groups excluding tert-OH is 2. The smallest absolute Gasteiger partial charge is 0.278 e. The van der Waals surface area contributed by atoms with Crippen molar-refractivity contribution < 1.29 is 15.1 Å². The predicted molar refractivity (Wildman–Crippen MR) is 51.8 cm³/mol. The molecule has 0 heterocycles. The minimum absolute atomic E-state index is 0.434. The second kappa shape index (κ2) is 3.01. The summed E-state index contributed by atoms with van der Waals surface area (Å²) in [5.41, 5.74) is -0.877. The summed E-state index contributed by atoms with van der Waals surface area (Å²) in [5, 5.41) is 30.6. The van der Waals surface area contributed by atoms with E-state index >= 15 is 0 Å². The lowest BCUT2D eigenvalue weighted by molar-refractivity contribution is -0.591. The van der Waals surface area contributed by atoms with E-state index < -0.39 is 22.7 Å². The summed E-state index contributed by atoms with van der Waals surface area (Å²) in [6, 6.07) is 6.55. The fourth-order valence-corrected chi connectivity index (χ4v) is 1.99. The molecule has 2 atom stereocenters. The molecule has 0 amide bonds. The SMILES string of the molecule is CC1([N+](=O)[O-])C(O)c2ccccc2C1O. The zero-order chi connectivity index (χ0) is 11.2. The monoisotopic (exact) mass is 209 g/mol. The number of fused-ring (bicyclic) bond motifs is 1. The van der Waals surface area contributed by atoms with E-state index in [4.69, 9.17) is 0 Å². The van der Waals surface area contributed by atoms with Gasteiger partial charge in [0.15, 0.2) is 12.2 Å². The first kappa shape index (κ1) is 10.1. The molecule has 80 valence electrons. The van der Waals surface area contributed by atoms with Crippen LogP contribution in [0.5, 0.6) is 0 Å². The van der Waals surface area contributed by atoms with Crippen LogP contribution < -0.4 is 0 Å². The molecular formula is C10H11NO4. The number of rotatable bonds is 1. The lowest BCUT2D eigenvalue weighted by Gasteiger charge is -2.22. The van der Waals surface area contributed by atoms with Gasteiger partial charge in [0, 0.05) is 11.8 Å². The van der Waals surface area contributed by atoms with Crippen LogP contribution in [0.15, 0.2) is 24.3 Å². The molecule has 5 heteroatoms. The predicted octanol–water partition coefficient (Wildman–Crippen LogP) is 0.802. The summed E-state index contributed by atoms with van der Waals surface area (Å²) in [7, 11) is 0. The molecule has 1 aromatic carbocycles. The molecule has 0 aromatic heterocycles. The van der Waals surface area contributed by atoms with Crippen LogP contribution in [0.25, 0.3) is 0 Å². The van der Waals surface area contributed by atoms with Gasteiger partial charge in [0.05, 0.1) is 0 Å². The van der Waals surface area contributed by atoms with Gasteiger partial charge in [-0.15, -0.1) is 0 Å². The number of hydrogen-bond donors (Lipinski definition) is 2. The fourth-order valence-electron chi connectivity index (χ4n) is 1.99. The average Bonchev–Trinajstić information content (AvgIpc) is 2.43. The molecule has 0 saturated carbocycles. The van der Waals surface area contributed by atoms with E-state index in [0.717, 1.165) is 0 Å². The van der Waals surface area contributed by atoms with Crippen molar-refractivity contribution >= 4 is 0 Å². The van der Waals surface area contributed by atoms with Crippen LogP contribution in [-0.2, 0) is 0 Å². The maximum absolute atomic E-state index is 10.9. The van der Waals surface area contributed by atoms with Crippen LogP contribution in [-0.4, -0.2) is 20.7 Å². The maximum atomic E-state index is 10.9. The van der Waals surface area contributed by atoms with Gasteiger partial charge in [-0.3, -0.25) is 10.1 Å². The lowest BCUT2D eigenvalue weighted by atomic mass is 9.94. The van der Waals surface area contributed by atoms with Gasteiger partial charge >= 0.3 is 0 Å². The van der Waals surface area contributed by atoms with Gasteiger partial charge in [-0.1, -0.05) is 24.3 Å². The van der Waals surface area contributed by atoms with E-state index in [2.05, 4.69) is 0 Å². The lowest BCUT2D eigenvalue weighted by Crippen LogP contribution is -2.42. The second-order valence-electron chi connectivity index (χ2n) is 3.92. The van der Waals surface area contributed by atoms with Crippen molar-refractivity contribution in [3.63, 3.8) is 0 Å². The molecular weight excluding hydrogens is 198 g/mol. The summed E-state index contributed by atoms with van der Waals surface area (Å²) < 4.78 is 0. The first-order valence-electron chi connectivity index (χ1n) is 4.59. The van der Waals surface area contributed by atoms with Crippen molar-refractivity contribution in [2.24, 2.45) is 0 Å². The number of nitrogens with zero attached hydrogens (tertiary/aromatic N) is 1. The highest BCUT2D eigenvalue weighted by molar-refractivity contribution is 5.39. The average molecular weight is 209 g/mol. The third kappa shape index (κ3) is 1.10. The van der Waals surface area contributed by atoms with Gasteiger partial charge in [0.25, 0.3) is 5.54 Å². The Kier molecular flexibility index (Phi) is 2.02. The molecule has 2 N–H and O–H groups in total.